The largest absolute Gasteiger partial charge is 0.378 e. The third kappa shape index (κ3) is 5.81. The van der Waals surface area contributed by atoms with Crippen LogP contribution in [0.4, 0.5) is 0 Å². The van der Waals surface area contributed by atoms with Gasteiger partial charge in [-0.05, 0) is 63.3 Å². The van der Waals surface area contributed by atoms with Crippen LogP contribution >= 0.6 is 0 Å². The third-order valence-electron chi connectivity index (χ3n) is 6.60. The summed E-state index contributed by atoms with van der Waals surface area (Å²) in [6.45, 7) is 5.19. The van der Waals surface area contributed by atoms with E-state index in [-0.39, 0.29) is 5.91 Å². The summed E-state index contributed by atoms with van der Waals surface area (Å²) in [6.07, 6.45) is 7.81. The SMILES string of the molecule is Cc1cccn2c(CN(C)CCC3CCCCO3)c(C(=O)N(C)CCc3ccccc3)nc12. The summed E-state index contributed by atoms with van der Waals surface area (Å²) < 4.78 is 7.99. The van der Waals surface area contributed by atoms with Gasteiger partial charge in [-0.2, -0.15) is 0 Å². The average molecular weight is 449 g/mol. The molecule has 1 unspecified atom stereocenters. The Hall–Kier alpha value is -2.70. The highest BCUT2D eigenvalue weighted by molar-refractivity contribution is 5.94. The molecule has 1 amide bonds. The van der Waals surface area contributed by atoms with E-state index in [9.17, 15) is 4.79 Å². The number of nitrogens with zero attached hydrogens (tertiary/aromatic N) is 4. The molecule has 2 aromatic heterocycles. The first-order valence-corrected chi connectivity index (χ1v) is 12.1. The highest BCUT2D eigenvalue weighted by atomic mass is 16.5. The number of aryl methyl sites for hydroxylation is 1. The minimum atomic E-state index is -0.0203. The van der Waals surface area contributed by atoms with Crippen molar-refractivity contribution in [2.24, 2.45) is 0 Å². The molecule has 0 saturated carbocycles. The van der Waals surface area contributed by atoms with Crippen molar-refractivity contribution in [3.8, 4) is 0 Å². The van der Waals surface area contributed by atoms with Crippen molar-refractivity contribution in [3.05, 3.63) is 71.2 Å². The first kappa shape index (κ1) is 23.5. The van der Waals surface area contributed by atoms with Crippen LogP contribution in [-0.2, 0) is 17.7 Å². The number of benzene rings is 1. The maximum atomic E-state index is 13.5. The number of likely N-dealkylation sites (N-methyl/N-ethyl adjacent to an activating group) is 1. The maximum Gasteiger partial charge on any atom is 0.274 e. The van der Waals surface area contributed by atoms with Gasteiger partial charge in [0.2, 0.25) is 0 Å². The fraction of sp³-hybridized carbons (Fsp3) is 0.481. The summed E-state index contributed by atoms with van der Waals surface area (Å²) in [4.78, 5) is 22.4. The molecule has 1 saturated heterocycles. The van der Waals surface area contributed by atoms with E-state index in [0.717, 1.165) is 49.3 Å². The molecule has 1 atom stereocenters. The number of ether oxygens (including phenoxy) is 1. The van der Waals surface area contributed by atoms with E-state index in [4.69, 9.17) is 9.72 Å². The summed E-state index contributed by atoms with van der Waals surface area (Å²) in [5, 5.41) is 0. The Morgan fingerprint density at radius 2 is 1.94 bits per heavy atom. The Morgan fingerprint density at radius 3 is 2.70 bits per heavy atom. The van der Waals surface area contributed by atoms with Crippen LogP contribution in [0.25, 0.3) is 5.65 Å². The lowest BCUT2D eigenvalue weighted by molar-refractivity contribution is 0.00633. The molecule has 4 rings (SSSR count). The van der Waals surface area contributed by atoms with Crippen molar-refractivity contribution in [2.75, 3.05) is 33.8 Å². The summed E-state index contributed by atoms with van der Waals surface area (Å²) in [7, 11) is 3.99. The van der Waals surface area contributed by atoms with Crippen molar-refractivity contribution >= 4 is 11.6 Å². The third-order valence-corrected chi connectivity index (χ3v) is 6.60. The molecule has 1 aliphatic rings. The Kier molecular flexibility index (Phi) is 7.78. The number of rotatable bonds is 9. The second-order valence-electron chi connectivity index (χ2n) is 9.27. The highest BCUT2D eigenvalue weighted by Crippen LogP contribution is 2.20. The minimum absolute atomic E-state index is 0.0203. The van der Waals surface area contributed by atoms with E-state index in [1.165, 1.54) is 18.4 Å². The lowest BCUT2D eigenvalue weighted by Gasteiger charge is -2.25. The van der Waals surface area contributed by atoms with Gasteiger partial charge in [0.25, 0.3) is 5.91 Å². The molecule has 1 aromatic carbocycles. The number of carbonyl (C=O) groups excluding carboxylic acids is 1. The van der Waals surface area contributed by atoms with Crippen LogP contribution in [0.1, 0.15) is 53.0 Å². The number of hydrogen-bond acceptors (Lipinski definition) is 4. The van der Waals surface area contributed by atoms with Crippen molar-refractivity contribution in [3.63, 3.8) is 0 Å². The number of aromatic nitrogens is 2. The fourth-order valence-electron chi connectivity index (χ4n) is 4.53. The Bertz CT molecular complexity index is 1060. The summed E-state index contributed by atoms with van der Waals surface area (Å²) in [6, 6.07) is 14.4. The van der Waals surface area contributed by atoms with Crippen LogP contribution in [0.2, 0.25) is 0 Å². The number of imidazole rings is 1. The number of amides is 1. The van der Waals surface area contributed by atoms with Gasteiger partial charge in [0.1, 0.15) is 5.65 Å². The average Bonchev–Trinajstić information content (AvgIpc) is 3.21. The molecule has 6 heteroatoms. The number of carbonyl (C=O) groups is 1. The van der Waals surface area contributed by atoms with Crippen molar-refractivity contribution in [2.45, 2.75) is 51.7 Å². The predicted molar refractivity (Wildman–Crippen MR) is 132 cm³/mol. The zero-order chi connectivity index (χ0) is 23.2. The predicted octanol–water partition coefficient (Wildman–Crippen LogP) is 4.35. The van der Waals surface area contributed by atoms with Gasteiger partial charge in [0, 0.05) is 39.5 Å². The van der Waals surface area contributed by atoms with Gasteiger partial charge in [-0.25, -0.2) is 4.98 Å². The van der Waals surface area contributed by atoms with Gasteiger partial charge in [0.15, 0.2) is 5.69 Å². The van der Waals surface area contributed by atoms with Crippen LogP contribution in [0.5, 0.6) is 0 Å². The normalized spacial score (nSPS) is 16.4. The summed E-state index contributed by atoms with van der Waals surface area (Å²) >= 11 is 0. The van der Waals surface area contributed by atoms with Crippen LogP contribution in [0.3, 0.4) is 0 Å². The van der Waals surface area contributed by atoms with Gasteiger partial charge in [-0.1, -0.05) is 36.4 Å². The molecule has 0 spiro atoms. The molecular formula is C27H36N4O2. The van der Waals surface area contributed by atoms with Crippen LogP contribution < -0.4 is 0 Å². The molecule has 0 radical (unpaired) electrons. The lowest BCUT2D eigenvalue weighted by atomic mass is 10.1. The van der Waals surface area contributed by atoms with Crippen molar-refractivity contribution in [1.29, 1.82) is 0 Å². The first-order chi connectivity index (χ1) is 16.0. The zero-order valence-corrected chi connectivity index (χ0v) is 20.2. The van der Waals surface area contributed by atoms with Gasteiger partial charge in [-0.3, -0.25) is 4.79 Å². The Labute approximate surface area is 197 Å². The molecular weight excluding hydrogens is 412 g/mol. The monoisotopic (exact) mass is 448 g/mol. The second kappa shape index (κ2) is 10.9. The lowest BCUT2D eigenvalue weighted by Crippen LogP contribution is -2.31. The summed E-state index contributed by atoms with van der Waals surface area (Å²) in [5.74, 6) is -0.0203. The van der Waals surface area contributed by atoms with Crippen LogP contribution in [-0.4, -0.2) is 65.0 Å². The van der Waals surface area contributed by atoms with E-state index in [2.05, 4.69) is 28.5 Å². The molecule has 3 aromatic rings. The topological polar surface area (TPSA) is 50.1 Å². The molecule has 176 valence electrons. The van der Waals surface area contributed by atoms with E-state index < -0.39 is 0 Å². The molecule has 0 bridgehead atoms. The van der Waals surface area contributed by atoms with E-state index in [0.29, 0.717) is 24.9 Å². The molecule has 6 nitrogen and oxygen atoms in total. The van der Waals surface area contributed by atoms with Crippen LogP contribution in [0.15, 0.2) is 48.7 Å². The number of pyridine rings is 1. The number of fused-ring (bicyclic) bond motifs is 1. The van der Waals surface area contributed by atoms with Gasteiger partial charge >= 0.3 is 0 Å². The maximum absolute atomic E-state index is 13.5. The van der Waals surface area contributed by atoms with Crippen molar-refractivity contribution in [1.82, 2.24) is 19.2 Å². The molecule has 1 fully saturated rings. The summed E-state index contributed by atoms with van der Waals surface area (Å²) in [5.41, 5.74) is 4.67. The molecule has 0 aliphatic carbocycles. The first-order valence-electron chi connectivity index (χ1n) is 12.1. The van der Waals surface area contributed by atoms with Gasteiger partial charge < -0.3 is 18.9 Å². The van der Waals surface area contributed by atoms with Crippen LogP contribution in [0, 0.1) is 6.92 Å². The molecule has 33 heavy (non-hydrogen) atoms. The highest BCUT2D eigenvalue weighted by Gasteiger charge is 2.24. The van der Waals surface area contributed by atoms with E-state index in [1.54, 1.807) is 4.90 Å². The Morgan fingerprint density at radius 1 is 1.12 bits per heavy atom. The zero-order valence-electron chi connectivity index (χ0n) is 20.2. The Balaban J connectivity index is 1.49. The fourth-order valence-corrected chi connectivity index (χ4v) is 4.53. The van der Waals surface area contributed by atoms with E-state index >= 15 is 0 Å². The van der Waals surface area contributed by atoms with Crippen molar-refractivity contribution < 1.29 is 9.53 Å². The van der Waals surface area contributed by atoms with E-state index in [1.807, 2.05) is 50.5 Å². The quantitative estimate of drug-likeness (QED) is 0.488. The molecule has 0 N–H and O–H groups in total. The van der Waals surface area contributed by atoms with Gasteiger partial charge in [-0.15, -0.1) is 0 Å². The van der Waals surface area contributed by atoms with Gasteiger partial charge in [0.05, 0.1) is 11.8 Å². The standard InChI is InChI=1S/C27H36N4O2/c1-21-10-9-16-31-24(20-29(2)17-15-23-13-7-8-19-33-23)25(28-26(21)31)27(32)30(3)18-14-22-11-5-4-6-12-22/h4-6,9-12,16,23H,7-8,13-15,17-20H2,1-3H3. The smallest absolute Gasteiger partial charge is 0.274 e. The number of hydrogen-bond donors (Lipinski definition) is 0. The minimum Gasteiger partial charge on any atom is -0.378 e. The second-order valence-corrected chi connectivity index (χ2v) is 9.27. The molecule has 3 heterocycles. The molecule has 1 aliphatic heterocycles.